The summed E-state index contributed by atoms with van der Waals surface area (Å²) in [6.45, 7) is 2.55. The van der Waals surface area contributed by atoms with Gasteiger partial charge in [-0.3, -0.25) is 9.88 Å². The molecular weight excluding hydrogens is 329 g/mol. The van der Waals surface area contributed by atoms with Crippen molar-refractivity contribution in [1.82, 2.24) is 14.9 Å². The van der Waals surface area contributed by atoms with Crippen molar-refractivity contribution in [3.8, 4) is 0 Å². The Bertz CT molecular complexity index is 866. The van der Waals surface area contributed by atoms with Crippen LogP contribution in [0.3, 0.4) is 0 Å². The van der Waals surface area contributed by atoms with E-state index in [9.17, 15) is 4.39 Å². The fourth-order valence-electron chi connectivity index (χ4n) is 3.24. The molecule has 3 aromatic rings. The van der Waals surface area contributed by atoms with Crippen molar-refractivity contribution in [3.63, 3.8) is 0 Å². The summed E-state index contributed by atoms with van der Waals surface area (Å²) in [5, 5.41) is 0.692. The van der Waals surface area contributed by atoms with Crippen molar-refractivity contribution in [2.75, 3.05) is 13.1 Å². The zero-order valence-corrected chi connectivity index (χ0v) is 13.8. The zero-order valence-electron chi connectivity index (χ0n) is 13.1. The van der Waals surface area contributed by atoms with Gasteiger partial charge < -0.3 is 4.42 Å². The summed E-state index contributed by atoms with van der Waals surface area (Å²) < 4.78 is 19.1. The second-order valence-corrected chi connectivity index (χ2v) is 6.58. The van der Waals surface area contributed by atoms with Gasteiger partial charge in [0.25, 0.3) is 0 Å². The van der Waals surface area contributed by atoms with E-state index in [0.29, 0.717) is 28.6 Å². The van der Waals surface area contributed by atoms with Crippen LogP contribution in [0.5, 0.6) is 0 Å². The van der Waals surface area contributed by atoms with E-state index in [1.807, 2.05) is 12.1 Å². The molecule has 0 saturated carbocycles. The molecular formula is C18H17ClFN3O. The Labute approximate surface area is 144 Å². The first-order valence-electron chi connectivity index (χ1n) is 8.07. The molecule has 1 atom stereocenters. The molecule has 1 aromatic carbocycles. The molecule has 24 heavy (non-hydrogen) atoms. The molecule has 124 valence electrons. The van der Waals surface area contributed by atoms with Crippen LogP contribution in [0.2, 0.25) is 5.02 Å². The molecule has 1 aliphatic heterocycles. The van der Waals surface area contributed by atoms with E-state index < -0.39 is 0 Å². The number of pyridine rings is 1. The highest BCUT2D eigenvalue weighted by Gasteiger charge is 2.26. The van der Waals surface area contributed by atoms with Crippen LogP contribution in [-0.4, -0.2) is 28.0 Å². The number of likely N-dealkylation sites (tertiary alicyclic amines) is 1. The lowest BCUT2D eigenvalue weighted by Crippen LogP contribution is -2.34. The molecule has 0 unspecified atom stereocenters. The van der Waals surface area contributed by atoms with Gasteiger partial charge in [0, 0.05) is 31.3 Å². The predicted molar refractivity (Wildman–Crippen MR) is 90.5 cm³/mol. The Morgan fingerprint density at radius 2 is 2.25 bits per heavy atom. The van der Waals surface area contributed by atoms with E-state index >= 15 is 0 Å². The molecule has 0 aliphatic carbocycles. The lowest BCUT2D eigenvalue weighted by molar-refractivity contribution is 0.185. The van der Waals surface area contributed by atoms with Crippen molar-refractivity contribution in [1.29, 1.82) is 0 Å². The first kappa shape index (κ1) is 15.5. The number of rotatable bonds is 3. The average molecular weight is 346 g/mol. The summed E-state index contributed by atoms with van der Waals surface area (Å²) in [5.41, 5.74) is 2.10. The number of halogens is 2. The maximum Gasteiger partial charge on any atom is 0.199 e. The third-order valence-corrected chi connectivity index (χ3v) is 4.77. The van der Waals surface area contributed by atoms with Crippen LogP contribution in [-0.2, 0) is 6.54 Å². The average Bonchev–Trinajstić information content (AvgIpc) is 3.00. The Hall–Kier alpha value is -1.98. The van der Waals surface area contributed by atoms with Crippen LogP contribution in [0, 0.1) is 5.82 Å². The number of oxazole rings is 1. The minimum absolute atomic E-state index is 0.205. The van der Waals surface area contributed by atoms with Gasteiger partial charge in [0.1, 0.15) is 11.3 Å². The molecule has 0 spiro atoms. The number of benzene rings is 1. The molecule has 1 saturated heterocycles. The van der Waals surface area contributed by atoms with Crippen LogP contribution in [0.25, 0.3) is 11.1 Å². The van der Waals surface area contributed by atoms with E-state index in [1.54, 1.807) is 12.3 Å². The molecule has 3 heterocycles. The zero-order chi connectivity index (χ0) is 16.5. The van der Waals surface area contributed by atoms with Crippen molar-refractivity contribution in [3.05, 3.63) is 59.0 Å². The first-order valence-corrected chi connectivity index (χ1v) is 8.44. The van der Waals surface area contributed by atoms with Gasteiger partial charge in [-0.15, -0.1) is 0 Å². The lowest BCUT2D eigenvalue weighted by atomic mass is 9.98. The predicted octanol–water partition coefficient (Wildman–Crippen LogP) is 4.39. The molecule has 0 amide bonds. The van der Waals surface area contributed by atoms with E-state index in [4.69, 9.17) is 16.0 Å². The summed E-state index contributed by atoms with van der Waals surface area (Å²) in [6, 6.07) is 8.15. The molecule has 4 nitrogen and oxygen atoms in total. The SMILES string of the molecule is Fc1ccc2nc([C@H]3CCCN(Cc4ncccc4Cl)C3)oc2c1. The highest BCUT2D eigenvalue weighted by atomic mass is 35.5. The molecule has 0 bridgehead atoms. The van der Waals surface area contributed by atoms with E-state index in [0.717, 1.165) is 31.6 Å². The van der Waals surface area contributed by atoms with Crippen LogP contribution in [0.4, 0.5) is 4.39 Å². The van der Waals surface area contributed by atoms with Crippen LogP contribution in [0.1, 0.15) is 30.3 Å². The Kier molecular flexibility index (Phi) is 4.21. The van der Waals surface area contributed by atoms with E-state index in [-0.39, 0.29) is 11.7 Å². The van der Waals surface area contributed by atoms with Crippen molar-refractivity contribution < 1.29 is 8.81 Å². The second kappa shape index (κ2) is 6.49. The van der Waals surface area contributed by atoms with Gasteiger partial charge in [-0.25, -0.2) is 9.37 Å². The molecule has 1 fully saturated rings. The lowest BCUT2D eigenvalue weighted by Gasteiger charge is -2.31. The maximum atomic E-state index is 13.3. The summed E-state index contributed by atoms with van der Waals surface area (Å²) in [4.78, 5) is 11.2. The van der Waals surface area contributed by atoms with Gasteiger partial charge in [0.15, 0.2) is 11.5 Å². The number of hydrogen-bond acceptors (Lipinski definition) is 4. The van der Waals surface area contributed by atoms with Gasteiger partial charge in [0.05, 0.1) is 10.7 Å². The van der Waals surface area contributed by atoms with Crippen molar-refractivity contribution in [2.45, 2.75) is 25.3 Å². The van der Waals surface area contributed by atoms with Gasteiger partial charge in [-0.1, -0.05) is 11.6 Å². The second-order valence-electron chi connectivity index (χ2n) is 6.17. The fourth-order valence-corrected chi connectivity index (χ4v) is 3.42. The van der Waals surface area contributed by atoms with E-state index in [2.05, 4.69) is 14.9 Å². The largest absolute Gasteiger partial charge is 0.440 e. The Morgan fingerprint density at radius 1 is 1.33 bits per heavy atom. The summed E-state index contributed by atoms with van der Waals surface area (Å²) in [7, 11) is 0. The summed E-state index contributed by atoms with van der Waals surface area (Å²) >= 11 is 6.21. The van der Waals surface area contributed by atoms with Crippen LogP contribution in [0.15, 0.2) is 40.9 Å². The standard InChI is InChI=1S/C18H17ClFN3O/c19-14-4-1-7-21-16(14)11-23-8-2-3-12(10-23)18-22-15-6-5-13(20)9-17(15)24-18/h1,4-7,9,12H,2-3,8,10-11H2/t12-/m0/s1. The third-order valence-electron chi connectivity index (χ3n) is 4.43. The normalized spacial score (nSPS) is 19.0. The molecule has 4 rings (SSSR count). The molecule has 0 N–H and O–H groups in total. The fraction of sp³-hybridized carbons (Fsp3) is 0.333. The van der Waals surface area contributed by atoms with Crippen LogP contribution >= 0.6 is 11.6 Å². The molecule has 2 aromatic heterocycles. The maximum absolute atomic E-state index is 13.3. The first-order chi connectivity index (χ1) is 11.7. The summed E-state index contributed by atoms with van der Waals surface area (Å²) in [5.74, 6) is 0.587. The monoisotopic (exact) mass is 345 g/mol. The smallest absolute Gasteiger partial charge is 0.199 e. The quantitative estimate of drug-likeness (QED) is 0.705. The number of nitrogens with zero attached hydrogens (tertiary/aromatic N) is 3. The number of fused-ring (bicyclic) bond motifs is 1. The Balaban J connectivity index is 1.52. The van der Waals surface area contributed by atoms with Gasteiger partial charge >= 0.3 is 0 Å². The van der Waals surface area contributed by atoms with Crippen LogP contribution < -0.4 is 0 Å². The Morgan fingerprint density at radius 3 is 3.12 bits per heavy atom. The molecule has 1 aliphatic rings. The topological polar surface area (TPSA) is 42.2 Å². The number of hydrogen-bond donors (Lipinski definition) is 0. The van der Waals surface area contributed by atoms with Gasteiger partial charge in [-0.05, 0) is 43.7 Å². The van der Waals surface area contributed by atoms with Gasteiger partial charge in [0.2, 0.25) is 0 Å². The van der Waals surface area contributed by atoms with Crippen molar-refractivity contribution in [2.24, 2.45) is 0 Å². The minimum Gasteiger partial charge on any atom is -0.440 e. The molecule has 6 heteroatoms. The molecule has 0 radical (unpaired) electrons. The van der Waals surface area contributed by atoms with Gasteiger partial charge in [-0.2, -0.15) is 0 Å². The van der Waals surface area contributed by atoms with E-state index in [1.165, 1.54) is 12.1 Å². The number of aromatic nitrogens is 2. The van der Waals surface area contributed by atoms with Crippen molar-refractivity contribution >= 4 is 22.7 Å². The highest BCUT2D eigenvalue weighted by Crippen LogP contribution is 2.30. The number of piperidine rings is 1. The third kappa shape index (κ3) is 3.14. The minimum atomic E-state index is -0.305. The summed E-state index contributed by atoms with van der Waals surface area (Å²) in [6.07, 6.45) is 3.84. The highest BCUT2D eigenvalue weighted by molar-refractivity contribution is 6.31.